The maximum Gasteiger partial charge on any atom is 0.269 e. The smallest absolute Gasteiger partial charge is 0.269 e. The van der Waals surface area contributed by atoms with Gasteiger partial charge < -0.3 is 5.73 Å². The highest BCUT2D eigenvalue weighted by molar-refractivity contribution is 8.00. The number of rotatable bonds is 4. The average Bonchev–Trinajstić information content (AvgIpc) is 2.18. The fraction of sp³-hybridized carbons (Fsp3) is 0.400. The molecule has 2 N–H and O–H groups in total. The molecule has 0 saturated carbocycles. The summed E-state index contributed by atoms with van der Waals surface area (Å²) in [5, 5.41) is 10.7. The molecule has 2 unspecified atom stereocenters. The summed E-state index contributed by atoms with van der Waals surface area (Å²) in [6.07, 6.45) is 0. The Morgan fingerprint density at radius 1 is 1.33 bits per heavy atom. The lowest BCUT2D eigenvalue weighted by molar-refractivity contribution is -0.384. The van der Waals surface area contributed by atoms with Gasteiger partial charge in [-0.3, -0.25) is 10.1 Å². The van der Waals surface area contributed by atoms with E-state index in [0.717, 1.165) is 4.90 Å². The zero-order valence-electron chi connectivity index (χ0n) is 8.71. The quantitative estimate of drug-likeness (QED) is 0.486. The highest BCUT2D eigenvalue weighted by Gasteiger charge is 2.10. The molecule has 0 aliphatic heterocycles. The normalized spacial score (nSPS) is 14.6. The molecule has 0 radical (unpaired) electrons. The molecule has 0 aliphatic rings. The highest BCUT2D eigenvalue weighted by Crippen LogP contribution is 2.26. The Bertz CT molecular complexity index is 338. The van der Waals surface area contributed by atoms with Crippen LogP contribution in [0.5, 0.6) is 0 Å². The molecule has 2 atom stereocenters. The molecule has 0 heterocycles. The fourth-order valence-electron chi connectivity index (χ4n) is 0.968. The monoisotopic (exact) mass is 226 g/mol. The summed E-state index contributed by atoms with van der Waals surface area (Å²) in [6, 6.07) is 6.63. The van der Waals surface area contributed by atoms with E-state index in [2.05, 4.69) is 0 Å². The largest absolute Gasteiger partial charge is 0.327 e. The number of hydrogen-bond acceptors (Lipinski definition) is 4. The molecule has 1 rings (SSSR count). The number of hydrogen-bond donors (Lipinski definition) is 1. The fourth-order valence-corrected chi connectivity index (χ4v) is 1.91. The summed E-state index contributed by atoms with van der Waals surface area (Å²) in [4.78, 5) is 11.0. The Hall–Kier alpha value is -1.07. The average molecular weight is 226 g/mol. The number of nitrogens with zero attached hydrogens (tertiary/aromatic N) is 1. The van der Waals surface area contributed by atoms with E-state index in [4.69, 9.17) is 5.73 Å². The van der Waals surface area contributed by atoms with Gasteiger partial charge in [0, 0.05) is 28.3 Å². The first kappa shape index (κ1) is 12.0. The van der Waals surface area contributed by atoms with Crippen LogP contribution in [0.2, 0.25) is 0 Å². The minimum atomic E-state index is -0.399. The predicted molar refractivity (Wildman–Crippen MR) is 62.1 cm³/mol. The van der Waals surface area contributed by atoms with Crippen molar-refractivity contribution in [2.24, 2.45) is 5.73 Å². The first-order valence-corrected chi connectivity index (χ1v) is 5.55. The molecule has 0 amide bonds. The predicted octanol–water partition coefficient (Wildman–Crippen LogP) is 2.42. The van der Waals surface area contributed by atoms with Crippen molar-refractivity contribution in [3.8, 4) is 0 Å². The summed E-state index contributed by atoms with van der Waals surface area (Å²) in [5.74, 6) is 0. The maximum absolute atomic E-state index is 10.4. The molecule has 0 spiro atoms. The minimum absolute atomic E-state index is 0.102. The van der Waals surface area contributed by atoms with E-state index in [1.54, 1.807) is 23.9 Å². The molecule has 1 aromatic carbocycles. The number of thioether (sulfide) groups is 1. The molecule has 1 aromatic rings. The van der Waals surface area contributed by atoms with Crippen LogP contribution in [0.3, 0.4) is 0 Å². The van der Waals surface area contributed by atoms with Gasteiger partial charge in [0.25, 0.3) is 5.69 Å². The lowest BCUT2D eigenvalue weighted by Crippen LogP contribution is -2.26. The van der Waals surface area contributed by atoms with Crippen LogP contribution in [0.1, 0.15) is 13.8 Å². The SMILES string of the molecule is CC(N)C(C)Sc1ccc([N+](=O)[O-])cc1. The number of non-ortho nitro benzene ring substituents is 1. The second-order valence-corrected chi connectivity index (χ2v) is 4.88. The number of nitro benzene ring substituents is 1. The minimum Gasteiger partial charge on any atom is -0.327 e. The van der Waals surface area contributed by atoms with E-state index in [1.807, 2.05) is 13.8 Å². The molecular weight excluding hydrogens is 212 g/mol. The van der Waals surface area contributed by atoms with Crippen LogP contribution in [-0.2, 0) is 0 Å². The van der Waals surface area contributed by atoms with Gasteiger partial charge in [0.2, 0.25) is 0 Å². The molecule has 5 heteroatoms. The van der Waals surface area contributed by atoms with Gasteiger partial charge in [0.15, 0.2) is 0 Å². The molecule has 4 nitrogen and oxygen atoms in total. The van der Waals surface area contributed by atoms with Gasteiger partial charge in [0.1, 0.15) is 0 Å². The van der Waals surface area contributed by atoms with Crippen LogP contribution < -0.4 is 5.73 Å². The van der Waals surface area contributed by atoms with E-state index in [0.29, 0.717) is 5.25 Å². The van der Waals surface area contributed by atoms with Crippen molar-refractivity contribution in [3.63, 3.8) is 0 Å². The van der Waals surface area contributed by atoms with Gasteiger partial charge in [-0.15, -0.1) is 11.8 Å². The van der Waals surface area contributed by atoms with Crippen LogP contribution in [0.15, 0.2) is 29.2 Å². The Balaban J connectivity index is 2.68. The van der Waals surface area contributed by atoms with Gasteiger partial charge in [-0.2, -0.15) is 0 Å². The van der Waals surface area contributed by atoms with E-state index in [-0.39, 0.29) is 11.7 Å². The Kier molecular flexibility index (Phi) is 4.11. The number of nitro groups is 1. The van der Waals surface area contributed by atoms with E-state index >= 15 is 0 Å². The van der Waals surface area contributed by atoms with Gasteiger partial charge in [0.05, 0.1) is 4.92 Å². The zero-order chi connectivity index (χ0) is 11.4. The van der Waals surface area contributed by atoms with Crippen molar-refractivity contribution >= 4 is 17.4 Å². The summed E-state index contributed by atoms with van der Waals surface area (Å²) >= 11 is 1.62. The first-order chi connectivity index (χ1) is 7.00. The van der Waals surface area contributed by atoms with Crippen molar-refractivity contribution in [3.05, 3.63) is 34.4 Å². The van der Waals surface area contributed by atoms with Crippen molar-refractivity contribution in [1.29, 1.82) is 0 Å². The highest BCUT2D eigenvalue weighted by atomic mass is 32.2. The van der Waals surface area contributed by atoms with Crippen molar-refractivity contribution in [1.82, 2.24) is 0 Å². The third-order valence-electron chi connectivity index (χ3n) is 2.11. The third kappa shape index (κ3) is 3.53. The Morgan fingerprint density at radius 2 is 1.87 bits per heavy atom. The van der Waals surface area contributed by atoms with Gasteiger partial charge in [-0.1, -0.05) is 6.92 Å². The summed E-state index contributed by atoms with van der Waals surface area (Å²) < 4.78 is 0. The Labute approximate surface area is 93.0 Å². The molecule has 15 heavy (non-hydrogen) atoms. The number of nitrogens with two attached hydrogens (primary N) is 1. The second-order valence-electron chi connectivity index (χ2n) is 3.43. The van der Waals surface area contributed by atoms with E-state index in [9.17, 15) is 10.1 Å². The van der Waals surface area contributed by atoms with Crippen LogP contribution in [0, 0.1) is 10.1 Å². The molecule has 0 aliphatic carbocycles. The standard InChI is InChI=1S/C10H14N2O2S/c1-7(11)8(2)15-10-5-3-9(4-6-10)12(13)14/h3-8H,11H2,1-2H3. The van der Waals surface area contributed by atoms with Crippen molar-refractivity contribution in [2.75, 3.05) is 0 Å². The van der Waals surface area contributed by atoms with Crippen LogP contribution in [-0.4, -0.2) is 16.2 Å². The maximum atomic E-state index is 10.4. The van der Waals surface area contributed by atoms with E-state index in [1.165, 1.54) is 12.1 Å². The summed E-state index contributed by atoms with van der Waals surface area (Å²) in [5.41, 5.74) is 5.85. The first-order valence-electron chi connectivity index (χ1n) is 4.67. The van der Waals surface area contributed by atoms with Crippen LogP contribution in [0.25, 0.3) is 0 Å². The summed E-state index contributed by atoms with van der Waals surface area (Å²) in [7, 11) is 0. The zero-order valence-corrected chi connectivity index (χ0v) is 9.53. The molecule has 0 saturated heterocycles. The molecule has 0 aromatic heterocycles. The Morgan fingerprint density at radius 3 is 2.27 bits per heavy atom. The summed E-state index contributed by atoms with van der Waals surface area (Å²) in [6.45, 7) is 3.99. The van der Waals surface area contributed by atoms with E-state index < -0.39 is 4.92 Å². The topological polar surface area (TPSA) is 69.2 Å². The lowest BCUT2D eigenvalue weighted by Gasteiger charge is -2.14. The lowest BCUT2D eigenvalue weighted by atomic mass is 10.3. The molecule has 0 fully saturated rings. The second kappa shape index (κ2) is 5.14. The van der Waals surface area contributed by atoms with Crippen LogP contribution in [0.4, 0.5) is 5.69 Å². The van der Waals surface area contributed by atoms with Crippen molar-refractivity contribution in [2.45, 2.75) is 30.0 Å². The van der Waals surface area contributed by atoms with Gasteiger partial charge in [-0.25, -0.2) is 0 Å². The third-order valence-corrected chi connectivity index (χ3v) is 3.46. The van der Waals surface area contributed by atoms with Crippen molar-refractivity contribution < 1.29 is 4.92 Å². The van der Waals surface area contributed by atoms with Gasteiger partial charge >= 0.3 is 0 Å². The van der Waals surface area contributed by atoms with Crippen LogP contribution >= 0.6 is 11.8 Å². The van der Waals surface area contributed by atoms with Gasteiger partial charge in [-0.05, 0) is 19.1 Å². The molecule has 82 valence electrons. The molecular formula is C10H14N2O2S. The molecule has 0 bridgehead atoms. The number of benzene rings is 1.